The maximum atomic E-state index is 11.6. The number of nitrogens with zero attached hydrogens (tertiary/aromatic N) is 2. The first-order valence-electron chi connectivity index (χ1n) is 5.25. The lowest BCUT2D eigenvalue weighted by molar-refractivity contribution is -0.121. The normalized spacial score (nSPS) is 14.7. The first-order valence-corrected chi connectivity index (χ1v) is 6.01. The van der Waals surface area contributed by atoms with Crippen LogP contribution in [0.4, 0.5) is 0 Å². The highest BCUT2D eigenvalue weighted by atomic mass is 35.5. The van der Waals surface area contributed by atoms with Crippen molar-refractivity contribution in [3.8, 4) is 0 Å². The van der Waals surface area contributed by atoms with Gasteiger partial charge in [0.1, 0.15) is 11.6 Å². The van der Waals surface area contributed by atoms with Gasteiger partial charge in [0.05, 0.1) is 11.2 Å². The Morgan fingerprint density at radius 2 is 2.24 bits per heavy atom. The predicted molar refractivity (Wildman–Crippen MR) is 64.3 cm³/mol. The van der Waals surface area contributed by atoms with Crippen LogP contribution in [0.1, 0.15) is 12.8 Å². The fourth-order valence-corrected chi connectivity index (χ4v) is 1.60. The molecule has 1 fully saturated rings. The number of carbonyl (C=O) groups excluding carboxylic acids is 1. The molecule has 0 radical (unpaired) electrons. The van der Waals surface area contributed by atoms with E-state index in [1.165, 1.54) is 6.20 Å². The second kappa shape index (κ2) is 5.06. The summed E-state index contributed by atoms with van der Waals surface area (Å²) in [5.74, 6) is 0.349. The minimum atomic E-state index is -0.555. The third-order valence-electron chi connectivity index (χ3n) is 2.52. The van der Waals surface area contributed by atoms with Gasteiger partial charge >= 0.3 is 0 Å². The van der Waals surface area contributed by atoms with Gasteiger partial charge in [-0.2, -0.15) is 5.10 Å². The van der Waals surface area contributed by atoms with Crippen LogP contribution in [0, 0.1) is 5.92 Å². The molecule has 92 valence electrons. The van der Waals surface area contributed by atoms with Gasteiger partial charge in [0, 0.05) is 6.54 Å². The summed E-state index contributed by atoms with van der Waals surface area (Å²) in [6.07, 6.45) is 3.57. The molecule has 1 heterocycles. The first-order chi connectivity index (χ1) is 8.08. The van der Waals surface area contributed by atoms with Gasteiger partial charge in [-0.05, 0) is 18.8 Å². The third kappa shape index (κ3) is 3.20. The molecule has 7 heteroatoms. The van der Waals surface area contributed by atoms with Crippen LogP contribution in [0.2, 0.25) is 10.0 Å². The fourth-order valence-electron chi connectivity index (χ4n) is 1.33. The number of hydrogen-bond acceptors (Lipinski definition) is 3. The van der Waals surface area contributed by atoms with Crippen LogP contribution in [0.3, 0.4) is 0 Å². The summed E-state index contributed by atoms with van der Waals surface area (Å²) in [4.78, 5) is 23.1. The predicted octanol–water partition coefficient (Wildman–Crippen LogP) is 1.08. The van der Waals surface area contributed by atoms with E-state index in [9.17, 15) is 9.59 Å². The Morgan fingerprint density at radius 1 is 1.53 bits per heavy atom. The van der Waals surface area contributed by atoms with E-state index in [4.69, 9.17) is 23.2 Å². The van der Waals surface area contributed by atoms with Gasteiger partial charge in [-0.3, -0.25) is 9.59 Å². The van der Waals surface area contributed by atoms with Crippen LogP contribution in [0.15, 0.2) is 11.0 Å². The highest BCUT2D eigenvalue weighted by Gasteiger charge is 2.21. The topological polar surface area (TPSA) is 64.0 Å². The zero-order valence-electron chi connectivity index (χ0n) is 8.95. The smallest absolute Gasteiger partial charge is 0.287 e. The number of carbonyl (C=O) groups is 1. The molecule has 1 aliphatic rings. The van der Waals surface area contributed by atoms with Crippen molar-refractivity contribution in [2.45, 2.75) is 19.4 Å². The maximum Gasteiger partial charge on any atom is 0.287 e. The quantitative estimate of drug-likeness (QED) is 0.894. The molecule has 1 saturated carbocycles. The van der Waals surface area contributed by atoms with Crippen LogP contribution >= 0.6 is 23.2 Å². The summed E-state index contributed by atoms with van der Waals surface area (Å²) >= 11 is 11.3. The zero-order valence-corrected chi connectivity index (χ0v) is 10.5. The molecule has 0 aromatic carbocycles. The Hall–Kier alpha value is -1.07. The molecule has 0 unspecified atom stereocenters. The molecule has 1 aromatic rings. The standard InChI is InChI=1S/C10H11Cl2N3O2/c11-7-4-14-15(10(17)9(7)12)5-8(16)13-3-6-1-2-6/h4,6H,1-3,5H2,(H,13,16). The van der Waals surface area contributed by atoms with Crippen LogP contribution in [0.5, 0.6) is 0 Å². The van der Waals surface area contributed by atoms with Crippen LogP contribution in [-0.4, -0.2) is 22.2 Å². The fraction of sp³-hybridized carbons (Fsp3) is 0.500. The lowest BCUT2D eigenvalue weighted by Gasteiger charge is -2.06. The van der Waals surface area contributed by atoms with Gasteiger partial charge in [-0.15, -0.1) is 0 Å². The van der Waals surface area contributed by atoms with Gasteiger partial charge in [-0.1, -0.05) is 23.2 Å². The van der Waals surface area contributed by atoms with E-state index in [0.717, 1.165) is 17.5 Å². The van der Waals surface area contributed by atoms with Crippen molar-refractivity contribution in [1.29, 1.82) is 0 Å². The van der Waals surface area contributed by atoms with Gasteiger partial charge in [-0.25, -0.2) is 4.68 Å². The summed E-state index contributed by atoms with van der Waals surface area (Å²) in [5, 5.41) is 6.46. The number of aromatic nitrogens is 2. The minimum Gasteiger partial charge on any atom is -0.354 e. The molecular weight excluding hydrogens is 265 g/mol. The Balaban J connectivity index is 2.00. The molecule has 1 aromatic heterocycles. The summed E-state index contributed by atoms with van der Waals surface area (Å²) in [6.45, 7) is 0.525. The average Bonchev–Trinajstić information content (AvgIpc) is 3.11. The second-order valence-corrected chi connectivity index (χ2v) is 4.80. The summed E-state index contributed by atoms with van der Waals surface area (Å²) in [6, 6.07) is 0. The monoisotopic (exact) mass is 275 g/mol. The number of rotatable bonds is 4. The Bertz CT molecular complexity index is 497. The molecule has 0 aliphatic heterocycles. The number of nitrogens with one attached hydrogen (secondary N) is 1. The molecule has 1 N–H and O–H groups in total. The van der Waals surface area contributed by atoms with Crippen molar-refractivity contribution in [2.75, 3.05) is 6.54 Å². The van der Waals surface area contributed by atoms with Crippen LogP contribution < -0.4 is 10.9 Å². The SMILES string of the molecule is O=C(Cn1ncc(Cl)c(Cl)c1=O)NCC1CC1. The first kappa shape index (κ1) is 12.4. The van der Waals surface area contributed by atoms with Crippen molar-refractivity contribution in [3.63, 3.8) is 0 Å². The minimum absolute atomic E-state index is 0.0892. The molecule has 2 rings (SSSR count). The Labute approximate surface area is 108 Å². The molecule has 5 nitrogen and oxygen atoms in total. The van der Waals surface area contributed by atoms with Crippen molar-refractivity contribution < 1.29 is 4.79 Å². The van der Waals surface area contributed by atoms with E-state index in [2.05, 4.69) is 10.4 Å². The number of hydrogen-bond donors (Lipinski definition) is 1. The third-order valence-corrected chi connectivity index (χ3v) is 3.27. The molecular formula is C10H11Cl2N3O2. The van der Waals surface area contributed by atoms with Gasteiger partial charge in [0.15, 0.2) is 0 Å². The number of amides is 1. The molecule has 17 heavy (non-hydrogen) atoms. The molecule has 1 aliphatic carbocycles. The van der Waals surface area contributed by atoms with Crippen LogP contribution in [-0.2, 0) is 11.3 Å². The van der Waals surface area contributed by atoms with E-state index in [1.54, 1.807) is 0 Å². The van der Waals surface area contributed by atoms with E-state index in [1.807, 2.05) is 0 Å². The Morgan fingerprint density at radius 3 is 2.88 bits per heavy atom. The highest BCUT2D eigenvalue weighted by molar-refractivity contribution is 6.41. The van der Waals surface area contributed by atoms with Crippen LogP contribution in [0.25, 0.3) is 0 Å². The highest BCUT2D eigenvalue weighted by Crippen LogP contribution is 2.27. The largest absolute Gasteiger partial charge is 0.354 e. The molecule has 0 bridgehead atoms. The van der Waals surface area contributed by atoms with E-state index < -0.39 is 5.56 Å². The van der Waals surface area contributed by atoms with E-state index in [0.29, 0.717) is 12.5 Å². The van der Waals surface area contributed by atoms with E-state index in [-0.39, 0.29) is 22.5 Å². The number of halogens is 2. The van der Waals surface area contributed by atoms with Crippen molar-refractivity contribution >= 4 is 29.1 Å². The second-order valence-electron chi connectivity index (χ2n) is 4.02. The van der Waals surface area contributed by atoms with Gasteiger partial charge in [0.25, 0.3) is 5.56 Å². The van der Waals surface area contributed by atoms with Crippen molar-refractivity contribution in [1.82, 2.24) is 15.1 Å². The summed E-state index contributed by atoms with van der Waals surface area (Å²) in [7, 11) is 0. The van der Waals surface area contributed by atoms with Gasteiger partial charge < -0.3 is 5.32 Å². The summed E-state index contributed by atoms with van der Waals surface area (Å²) in [5.41, 5.74) is -0.555. The van der Waals surface area contributed by atoms with Crippen molar-refractivity contribution in [3.05, 3.63) is 26.6 Å². The Kier molecular flexibility index (Phi) is 3.69. The average molecular weight is 276 g/mol. The van der Waals surface area contributed by atoms with E-state index >= 15 is 0 Å². The molecule has 0 spiro atoms. The molecule has 1 amide bonds. The lowest BCUT2D eigenvalue weighted by Crippen LogP contribution is -2.34. The van der Waals surface area contributed by atoms with Gasteiger partial charge in [0.2, 0.25) is 5.91 Å². The molecule has 0 atom stereocenters. The van der Waals surface area contributed by atoms with Crippen molar-refractivity contribution in [2.24, 2.45) is 5.92 Å². The zero-order chi connectivity index (χ0) is 12.4. The molecule has 0 saturated heterocycles. The summed E-state index contributed by atoms with van der Waals surface area (Å²) < 4.78 is 0.996. The maximum absolute atomic E-state index is 11.6. The lowest BCUT2D eigenvalue weighted by atomic mass is 10.4.